The van der Waals surface area contributed by atoms with Crippen LogP contribution in [0.1, 0.15) is 5.56 Å². The van der Waals surface area contributed by atoms with Gasteiger partial charge in [-0.05, 0) is 17.7 Å². The second-order valence-electron chi connectivity index (χ2n) is 6.05. The molecule has 138 valence electrons. The van der Waals surface area contributed by atoms with E-state index in [-0.39, 0.29) is 17.9 Å². The summed E-state index contributed by atoms with van der Waals surface area (Å²) >= 11 is 0. The molecule has 1 heterocycles. The third kappa shape index (κ3) is 5.04. The second kappa shape index (κ2) is 8.80. The van der Waals surface area contributed by atoms with Crippen molar-refractivity contribution in [2.45, 2.75) is 13.0 Å². The van der Waals surface area contributed by atoms with Gasteiger partial charge in [0.1, 0.15) is 5.75 Å². The van der Waals surface area contributed by atoms with Crippen LogP contribution in [0.25, 0.3) is 11.3 Å². The van der Waals surface area contributed by atoms with Gasteiger partial charge in [-0.3, -0.25) is 14.2 Å². The van der Waals surface area contributed by atoms with Gasteiger partial charge < -0.3 is 10.1 Å². The van der Waals surface area contributed by atoms with Crippen LogP contribution >= 0.6 is 0 Å². The first-order valence-electron chi connectivity index (χ1n) is 8.67. The Bertz CT molecular complexity index is 968. The maximum absolute atomic E-state index is 12.2. The highest BCUT2D eigenvalue weighted by Gasteiger charge is 2.06. The van der Waals surface area contributed by atoms with Gasteiger partial charge in [0.15, 0.2) is 0 Å². The predicted octanol–water partition coefficient (Wildman–Crippen LogP) is 2.28. The molecule has 0 radical (unpaired) electrons. The minimum Gasteiger partial charge on any atom is -0.497 e. The number of ether oxygens (including phenoxy) is 1. The Hall–Kier alpha value is -3.41. The minimum absolute atomic E-state index is 0.106. The average molecular weight is 363 g/mol. The summed E-state index contributed by atoms with van der Waals surface area (Å²) in [6, 6.07) is 18.4. The molecule has 0 aliphatic carbocycles. The summed E-state index contributed by atoms with van der Waals surface area (Å²) in [5.41, 5.74) is 2.26. The number of carbonyl (C=O) groups excluding carboxylic acids is 1. The fraction of sp³-hybridized carbons (Fsp3) is 0.190. The summed E-state index contributed by atoms with van der Waals surface area (Å²) < 4.78 is 6.64. The highest BCUT2D eigenvalue weighted by Crippen LogP contribution is 2.14. The molecule has 0 bridgehead atoms. The lowest BCUT2D eigenvalue weighted by molar-refractivity contribution is -0.120. The monoisotopic (exact) mass is 363 g/mol. The molecule has 0 saturated carbocycles. The number of rotatable bonds is 7. The van der Waals surface area contributed by atoms with Crippen LogP contribution in [0.3, 0.4) is 0 Å². The maximum Gasteiger partial charge on any atom is 0.253 e. The second-order valence-corrected chi connectivity index (χ2v) is 6.05. The first kappa shape index (κ1) is 18.4. The van der Waals surface area contributed by atoms with E-state index in [4.69, 9.17) is 4.74 Å². The Balaban J connectivity index is 1.54. The van der Waals surface area contributed by atoms with Crippen LogP contribution in [0, 0.1) is 0 Å². The van der Waals surface area contributed by atoms with Crippen LogP contribution in [0.15, 0.2) is 71.8 Å². The van der Waals surface area contributed by atoms with Crippen molar-refractivity contribution in [3.8, 4) is 17.0 Å². The highest BCUT2D eigenvalue weighted by atomic mass is 16.5. The van der Waals surface area contributed by atoms with Gasteiger partial charge >= 0.3 is 0 Å². The third-order valence-corrected chi connectivity index (χ3v) is 4.12. The van der Waals surface area contributed by atoms with Crippen LogP contribution in [-0.4, -0.2) is 29.1 Å². The SMILES string of the molecule is COc1cccc(CC(=O)NCCn2cnc(-c3ccccc3)cc2=O)c1. The number of hydrogen-bond acceptors (Lipinski definition) is 4. The molecule has 0 spiro atoms. The molecule has 3 rings (SSSR count). The zero-order valence-electron chi connectivity index (χ0n) is 15.1. The Morgan fingerprint density at radius 2 is 1.93 bits per heavy atom. The molecule has 6 nitrogen and oxygen atoms in total. The molecule has 3 aromatic rings. The van der Waals surface area contributed by atoms with Crippen molar-refractivity contribution in [3.63, 3.8) is 0 Å². The Labute approximate surface area is 157 Å². The fourth-order valence-corrected chi connectivity index (χ4v) is 2.71. The summed E-state index contributed by atoms with van der Waals surface area (Å²) in [5.74, 6) is 0.613. The lowest BCUT2D eigenvalue weighted by Gasteiger charge is -2.09. The van der Waals surface area contributed by atoms with Gasteiger partial charge in [-0.15, -0.1) is 0 Å². The summed E-state index contributed by atoms with van der Waals surface area (Å²) in [5, 5.41) is 2.82. The number of nitrogens with one attached hydrogen (secondary N) is 1. The summed E-state index contributed by atoms with van der Waals surface area (Å²) in [7, 11) is 1.59. The normalized spacial score (nSPS) is 10.4. The molecule has 1 amide bonds. The van der Waals surface area contributed by atoms with Crippen LogP contribution in [0.4, 0.5) is 0 Å². The summed E-state index contributed by atoms with van der Waals surface area (Å²) in [4.78, 5) is 28.6. The van der Waals surface area contributed by atoms with Gasteiger partial charge in [0, 0.05) is 24.7 Å². The van der Waals surface area contributed by atoms with E-state index in [0.717, 1.165) is 16.9 Å². The molecule has 0 saturated heterocycles. The number of carbonyl (C=O) groups is 1. The number of methoxy groups -OCH3 is 1. The van der Waals surface area contributed by atoms with E-state index in [1.54, 1.807) is 7.11 Å². The van der Waals surface area contributed by atoms with E-state index in [1.807, 2.05) is 54.6 Å². The molecule has 0 fully saturated rings. The molecule has 0 atom stereocenters. The Morgan fingerprint density at radius 1 is 1.11 bits per heavy atom. The van der Waals surface area contributed by atoms with Crippen molar-refractivity contribution in [2.24, 2.45) is 0 Å². The molecule has 0 aliphatic rings. The average Bonchev–Trinajstić information content (AvgIpc) is 2.70. The quantitative estimate of drug-likeness (QED) is 0.699. The van der Waals surface area contributed by atoms with E-state index in [0.29, 0.717) is 18.8 Å². The molecule has 1 N–H and O–H groups in total. The number of hydrogen-bond donors (Lipinski definition) is 1. The number of benzene rings is 2. The smallest absolute Gasteiger partial charge is 0.253 e. The molecule has 0 unspecified atom stereocenters. The molecule has 27 heavy (non-hydrogen) atoms. The third-order valence-electron chi connectivity index (χ3n) is 4.12. The van der Waals surface area contributed by atoms with Crippen molar-refractivity contribution in [2.75, 3.05) is 13.7 Å². The minimum atomic E-state index is -0.147. The molecular formula is C21H21N3O3. The van der Waals surface area contributed by atoms with E-state index < -0.39 is 0 Å². The van der Waals surface area contributed by atoms with Crippen LogP contribution < -0.4 is 15.6 Å². The molecule has 6 heteroatoms. The van der Waals surface area contributed by atoms with Gasteiger partial charge in [-0.2, -0.15) is 0 Å². The largest absolute Gasteiger partial charge is 0.497 e. The highest BCUT2D eigenvalue weighted by molar-refractivity contribution is 5.78. The molecular weight excluding hydrogens is 342 g/mol. The standard InChI is InChI=1S/C21H21N3O3/c1-27-18-9-5-6-16(12-18)13-20(25)22-10-11-24-15-23-19(14-21(24)26)17-7-3-2-4-8-17/h2-9,12,14-15H,10-11,13H2,1H3,(H,22,25). The van der Waals surface area contributed by atoms with Gasteiger partial charge in [-0.1, -0.05) is 42.5 Å². The zero-order valence-corrected chi connectivity index (χ0v) is 15.1. The zero-order chi connectivity index (χ0) is 19.1. The number of amides is 1. The molecule has 2 aromatic carbocycles. The van der Waals surface area contributed by atoms with E-state index in [9.17, 15) is 9.59 Å². The van der Waals surface area contributed by atoms with Crippen LogP contribution in [0.2, 0.25) is 0 Å². The van der Waals surface area contributed by atoms with Crippen LogP contribution in [0.5, 0.6) is 5.75 Å². The first-order valence-corrected chi connectivity index (χ1v) is 8.67. The van der Waals surface area contributed by atoms with E-state index in [1.165, 1.54) is 17.0 Å². The summed E-state index contributed by atoms with van der Waals surface area (Å²) in [6.07, 6.45) is 1.77. The van der Waals surface area contributed by atoms with E-state index in [2.05, 4.69) is 10.3 Å². The van der Waals surface area contributed by atoms with Gasteiger partial charge in [0.05, 0.1) is 25.6 Å². The Morgan fingerprint density at radius 3 is 2.67 bits per heavy atom. The van der Waals surface area contributed by atoms with Crippen molar-refractivity contribution in [3.05, 3.63) is 82.9 Å². The van der Waals surface area contributed by atoms with Crippen molar-refractivity contribution >= 4 is 5.91 Å². The van der Waals surface area contributed by atoms with Crippen molar-refractivity contribution in [1.29, 1.82) is 0 Å². The fourth-order valence-electron chi connectivity index (χ4n) is 2.71. The van der Waals surface area contributed by atoms with Crippen molar-refractivity contribution < 1.29 is 9.53 Å². The molecule has 1 aromatic heterocycles. The summed E-state index contributed by atoms with van der Waals surface area (Å²) in [6.45, 7) is 0.722. The Kier molecular flexibility index (Phi) is 5.99. The maximum atomic E-state index is 12.2. The predicted molar refractivity (Wildman–Crippen MR) is 104 cm³/mol. The molecule has 0 aliphatic heterocycles. The number of aromatic nitrogens is 2. The first-order chi connectivity index (χ1) is 13.2. The van der Waals surface area contributed by atoms with Gasteiger partial charge in [-0.25, -0.2) is 4.98 Å². The van der Waals surface area contributed by atoms with Gasteiger partial charge in [0.25, 0.3) is 5.56 Å². The van der Waals surface area contributed by atoms with E-state index >= 15 is 0 Å². The van der Waals surface area contributed by atoms with Gasteiger partial charge in [0.2, 0.25) is 5.91 Å². The lowest BCUT2D eigenvalue weighted by atomic mass is 10.1. The number of nitrogens with zero attached hydrogens (tertiary/aromatic N) is 2. The lowest BCUT2D eigenvalue weighted by Crippen LogP contribution is -2.31. The van der Waals surface area contributed by atoms with Crippen molar-refractivity contribution in [1.82, 2.24) is 14.9 Å². The topological polar surface area (TPSA) is 73.2 Å². The van der Waals surface area contributed by atoms with Crippen LogP contribution in [-0.2, 0) is 17.8 Å².